The SMILES string of the molecule is CC(C)(C)OC(=O)N1Cc2ccc(-c3cnco3)cc2C1. The fraction of sp³-hybridized carbons (Fsp3) is 0.375. The summed E-state index contributed by atoms with van der Waals surface area (Å²) >= 11 is 0. The summed E-state index contributed by atoms with van der Waals surface area (Å²) in [6.45, 7) is 6.76. The predicted molar refractivity (Wildman–Crippen MR) is 77.4 cm³/mol. The molecular formula is C16H18N2O3. The van der Waals surface area contributed by atoms with Crippen molar-refractivity contribution in [2.75, 3.05) is 0 Å². The van der Waals surface area contributed by atoms with Gasteiger partial charge in [-0.25, -0.2) is 9.78 Å². The lowest BCUT2D eigenvalue weighted by Crippen LogP contribution is -2.33. The zero-order chi connectivity index (χ0) is 15.0. The monoisotopic (exact) mass is 286 g/mol. The van der Waals surface area contributed by atoms with Gasteiger partial charge < -0.3 is 9.15 Å². The van der Waals surface area contributed by atoms with Crippen molar-refractivity contribution in [3.05, 3.63) is 41.9 Å². The summed E-state index contributed by atoms with van der Waals surface area (Å²) in [5.74, 6) is 0.730. The molecule has 5 heteroatoms. The molecule has 0 bridgehead atoms. The standard InChI is InChI=1S/C16H18N2O3/c1-16(2,3)21-15(19)18-8-12-5-4-11(6-13(12)9-18)14-7-17-10-20-14/h4-7,10H,8-9H2,1-3H3. The fourth-order valence-electron chi connectivity index (χ4n) is 2.36. The van der Waals surface area contributed by atoms with Gasteiger partial charge in [0, 0.05) is 18.7 Å². The average molecular weight is 286 g/mol. The minimum absolute atomic E-state index is 0.278. The van der Waals surface area contributed by atoms with E-state index in [0.29, 0.717) is 13.1 Å². The molecule has 2 aromatic rings. The first-order chi connectivity index (χ1) is 9.92. The van der Waals surface area contributed by atoms with Gasteiger partial charge in [-0.15, -0.1) is 0 Å². The number of fused-ring (bicyclic) bond motifs is 1. The van der Waals surface area contributed by atoms with Gasteiger partial charge in [-0.1, -0.05) is 12.1 Å². The second kappa shape index (κ2) is 4.91. The average Bonchev–Trinajstić information content (AvgIpc) is 3.05. The molecule has 5 nitrogen and oxygen atoms in total. The molecule has 0 spiro atoms. The molecule has 3 rings (SSSR count). The molecule has 0 N–H and O–H groups in total. The van der Waals surface area contributed by atoms with Crippen molar-refractivity contribution in [3.63, 3.8) is 0 Å². The van der Waals surface area contributed by atoms with Crippen LogP contribution in [0, 0.1) is 0 Å². The lowest BCUT2D eigenvalue weighted by molar-refractivity contribution is 0.0242. The van der Waals surface area contributed by atoms with Crippen LogP contribution in [-0.2, 0) is 17.8 Å². The van der Waals surface area contributed by atoms with Gasteiger partial charge in [-0.3, -0.25) is 4.90 Å². The number of aromatic nitrogens is 1. The molecule has 1 aromatic heterocycles. The molecule has 1 aliphatic rings. The summed E-state index contributed by atoms with van der Waals surface area (Å²) in [6.07, 6.45) is 2.82. The third-order valence-corrected chi connectivity index (χ3v) is 3.30. The van der Waals surface area contributed by atoms with Crippen LogP contribution >= 0.6 is 0 Å². The van der Waals surface area contributed by atoms with Crippen LogP contribution in [0.3, 0.4) is 0 Å². The zero-order valence-corrected chi connectivity index (χ0v) is 12.4. The van der Waals surface area contributed by atoms with Crippen molar-refractivity contribution in [2.24, 2.45) is 0 Å². The van der Waals surface area contributed by atoms with Crippen LogP contribution in [0.5, 0.6) is 0 Å². The number of carbonyl (C=O) groups excluding carboxylic acids is 1. The van der Waals surface area contributed by atoms with Gasteiger partial charge in [-0.05, 0) is 38.0 Å². The molecule has 0 saturated heterocycles. The first-order valence-corrected chi connectivity index (χ1v) is 6.91. The molecule has 0 atom stereocenters. The van der Waals surface area contributed by atoms with E-state index in [-0.39, 0.29) is 6.09 Å². The number of hydrogen-bond acceptors (Lipinski definition) is 4. The molecule has 0 saturated carbocycles. The van der Waals surface area contributed by atoms with E-state index in [1.807, 2.05) is 39.0 Å². The van der Waals surface area contributed by atoms with Crippen LogP contribution in [0.15, 0.2) is 35.2 Å². The van der Waals surface area contributed by atoms with Crippen LogP contribution in [0.1, 0.15) is 31.9 Å². The van der Waals surface area contributed by atoms with Gasteiger partial charge in [0.2, 0.25) is 0 Å². The summed E-state index contributed by atoms with van der Waals surface area (Å²) in [7, 11) is 0. The van der Waals surface area contributed by atoms with Crippen molar-refractivity contribution in [2.45, 2.75) is 39.5 Å². The summed E-state index contributed by atoms with van der Waals surface area (Å²) in [5.41, 5.74) is 2.76. The van der Waals surface area contributed by atoms with Crippen LogP contribution in [-0.4, -0.2) is 21.6 Å². The van der Waals surface area contributed by atoms with Gasteiger partial charge in [0.1, 0.15) is 5.60 Å². The van der Waals surface area contributed by atoms with E-state index in [4.69, 9.17) is 9.15 Å². The number of carbonyl (C=O) groups is 1. The Morgan fingerprint density at radius 1 is 1.29 bits per heavy atom. The van der Waals surface area contributed by atoms with Crippen LogP contribution < -0.4 is 0 Å². The second-order valence-electron chi connectivity index (χ2n) is 6.19. The van der Waals surface area contributed by atoms with E-state index in [0.717, 1.165) is 22.5 Å². The second-order valence-corrected chi connectivity index (χ2v) is 6.19. The number of oxazole rings is 1. The highest BCUT2D eigenvalue weighted by molar-refractivity contribution is 5.70. The topological polar surface area (TPSA) is 55.6 Å². The van der Waals surface area contributed by atoms with Crippen LogP contribution in [0.2, 0.25) is 0 Å². The highest BCUT2D eigenvalue weighted by atomic mass is 16.6. The summed E-state index contributed by atoms with van der Waals surface area (Å²) < 4.78 is 10.7. The van der Waals surface area contributed by atoms with Crippen molar-refractivity contribution < 1.29 is 13.9 Å². The number of hydrogen-bond donors (Lipinski definition) is 0. The van der Waals surface area contributed by atoms with E-state index in [2.05, 4.69) is 4.98 Å². The lowest BCUT2D eigenvalue weighted by Gasteiger charge is -2.24. The van der Waals surface area contributed by atoms with E-state index < -0.39 is 5.60 Å². The smallest absolute Gasteiger partial charge is 0.410 e. The molecule has 21 heavy (non-hydrogen) atoms. The predicted octanol–water partition coefficient (Wildman–Crippen LogP) is 3.59. The summed E-state index contributed by atoms with van der Waals surface area (Å²) in [6, 6.07) is 6.05. The summed E-state index contributed by atoms with van der Waals surface area (Å²) in [5, 5.41) is 0. The molecule has 110 valence electrons. The normalized spacial score (nSPS) is 14.1. The fourth-order valence-corrected chi connectivity index (χ4v) is 2.36. The van der Waals surface area contributed by atoms with Gasteiger partial charge in [-0.2, -0.15) is 0 Å². The van der Waals surface area contributed by atoms with E-state index in [1.165, 1.54) is 6.39 Å². The Bertz CT molecular complexity index is 657. The molecule has 1 aromatic carbocycles. The highest BCUT2D eigenvalue weighted by Gasteiger charge is 2.27. The molecule has 0 radical (unpaired) electrons. The summed E-state index contributed by atoms with van der Waals surface area (Å²) in [4.78, 5) is 17.8. The number of rotatable bonds is 1. The Kier molecular flexibility index (Phi) is 3.20. The van der Waals surface area contributed by atoms with Crippen molar-refractivity contribution in [3.8, 4) is 11.3 Å². The first-order valence-electron chi connectivity index (χ1n) is 6.91. The largest absolute Gasteiger partial charge is 0.444 e. The van der Waals surface area contributed by atoms with E-state index >= 15 is 0 Å². The molecule has 1 aliphatic heterocycles. The lowest BCUT2D eigenvalue weighted by atomic mass is 10.1. The third-order valence-electron chi connectivity index (χ3n) is 3.30. The molecule has 2 heterocycles. The van der Waals surface area contributed by atoms with E-state index in [9.17, 15) is 4.79 Å². The van der Waals surface area contributed by atoms with Crippen LogP contribution in [0.25, 0.3) is 11.3 Å². The molecule has 0 aliphatic carbocycles. The first kappa shape index (κ1) is 13.7. The molecule has 0 fully saturated rings. The van der Waals surface area contributed by atoms with Crippen molar-refractivity contribution in [1.29, 1.82) is 0 Å². The van der Waals surface area contributed by atoms with Gasteiger partial charge in [0.15, 0.2) is 12.2 Å². The Balaban J connectivity index is 1.77. The minimum atomic E-state index is -0.475. The Morgan fingerprint density at radius 2 is 2.05 bits per heavy atom. The van der Waals surface area contributed by atoms with Gasteiger partial charge in [0.05, 0.1) is 6.20 Å². The van der Waals surface area contributed by atoms with E-state index in [1.54, 1.807) is 11.1 Å². The maximum Gasteiger partial charge on any atom is 0.410 e. The molecular weight excluding hydrogens is 268 g/mol. The maximum atomic E-state index is 12.1. The highest BCUT2D eigenvalue weighted by Crippen LogP contribution is 2.29. The molecule has 0 unspecified atom stereocenters. The maximum absolute atomic E-state index is 12.1. The Labute approximate surface area is 123 Å². The number of amides is 1. The van der Waals surface area contributed by atoms with Crippen molar-refractivity contribution in [1.82, 2.24) is 9.88 Å². The Morgan fingerprint density at radius 3 is 2.71 bits per heavy atom. The third kappa shape index (κ3) is 2.91. The van der Waals surface area contributed by atoms with Crippen molar-refractivity contribution >= 4 is 6.09 Å². The zero-order valence-electron chi connectivity index (χ0n) is 12.4. The van der Waals surface area contributed by atoms with Gasteiger partial charge >= 0.3 is 6.09 Å². The van der Waals surface area contributed by atoms with Crippen LogP contribution in [0.4, 0.5) is 4.79 Å². The molecule has 1 amide bonds. The number of nitrogens with zero attached hydrogens (tertiary/aromatic N) is 2. The number of ether oxygens (including phenoxy) is 1. The minimum Gasteiger partial charge on any atom is -0.444 e. The Hall–Kier alpha value is -2.30. The number of benzene rings is 1. The van der Waals surface area contributed by atoms with Gasteiger partial charge in [0.25, 0.3) is 0 Å². The quantitative estimate of drug-likeness (QED) is 0.804.